The number of carbonyl (C=O) groups is 1. The molecule has 1 aliphatic rings. The molecule has 2 aromatic heterocycles. The third-order valence-electron chi connectivity index (χ3n) is 5.67. The maximum absolute atomic E-state index is 11.3. The van der Waals surface area contributed by atoms with E-state index < -0.39 is 0 Å². The lowest BCUT2D eigenvalue weighted by molar-refractivity contribution is -0.114. The molecule has 2 N–H and O–H groups in total. The highest BCUT2D eigenvalue weighted by atomic mass is 35.5. The normalized spacial score (nSPS) is 14.1. The Morgan fingerprint density at radius 3 is 2.60 bits per heavy atom. The first-order valence-electron chi connectivity index (χ1n) is 11.2. The summed E-state index contributed by atoms with van der Waals surface area (Å²) in [6.07, 6.45) is 3.18. The van der Waals surface area contributed by atoms with E-state index in [2.05, 4.69) is 40.6 Å². The van der Waals surface area contributed by atoms with Crippen LogP contribution in [-0.4, -0.2) is 44.1 Å². The summed E-state index contributed by atoms with van der Waals surface area (Å²) in [6.45, 7) is 2.98. The van der Waals surface area contributed by atoms with E-state index in [-0.39, 0.29) is 11.8 Å². The van der Waals surface area contributed by atoms with Crippen LogP contribution in [-0.2, 0) is 4.79 Å². The Labute approximate surface area is 206 Å². The summed E-state index contributed by atoms with van der Waals surface area (Å²) in [7, 11) is 0. The number of hydrogen-bond donors (Lipinski definition) is 2. The number of piperidine rings is 1. The van der Waals surface area contributed by atoms with Gasteiger partial charge in [-0.2, -0.15) is 9.97 Å². The van der Waals surface area contributed by atoms with Gasteiger partial charge in [-0.15, -0.1) is 0 Å². The van der Waals surface area contributed by atoms with E-state index in [9.17, 15) is 4.79 Å². The van der Waals surface area contributed by atoms with Crippen LogP contribution < -0.4 is 15.5 Å². The quantitative estimate of drug-likeness (QED) is 0.397. The predicted molar refractivity (Wildman–Crippen MR) is 133 cm³/mol. The highest BCUT2D eigenvalue weighted by Crippen LogP contribution is 2.30. The van der Waals surface area contributed by atoms with Crippen LogP contribution in [0.4, 0.5) is 23.3 Å². The van der Waals surface area contributed by atoms with Crippen LogP contribution >= 0.6 is 11.6 Å². The molecule has 0 spiro atoms. The van der Waals surface area contributed by atoms with Crippen LogP contribution in [0, 0.1) is 0 Å². The smallest absolute Gasteiger partial charge is 0.231 e. The maximum Gasteiger partial charge on any atom is 0.231 e. The Balaban J connectivity index is 1.21. The number of rotatable bonds is 6. The minimum Gasteiger partial charge on any atom is -0.341 e. The fourth-order valence-electron chi connectivity index (χ4n) is 3.95. The summed E-state index contributed by atoms with van der Waals surface area (Å²) >= 11 is 5.96. The van der Waals surface area contributed by atoms with Gasteiger partial charge in [-0.05, 0) is 55.3 Å². The van der Waals surface area contributed by atoms with E-state index in [1.807, 2.05) is 48.5 Å². The third-order valence-corrected chi connectivity index (χ3v) is 5.92. The number of aromatic nitrogens is 5. The zero-order valence-corrected chi connectivity index (χ0v) is 19.7. The van der Waals surface area contributed by atoms with Gasteiger partial charge in [0, 0.05) is 47.9 Å². The van der Waals surface area contributed by atoms with Gasteiger partial charge in [-0.3, -0.25) is 4.79 Å². The highest BCUT2D eigenvalue weighted by Gasteiger charge is 2.27. The first-order chi connectivity index (χ1) is 17.0. The predicted octanol–water partition coefficient (Wildman–Crippen LogP) is 4.66. The van der Waals surface area contributed by atoms with Gasteiger partial charge in [0.2, 0.25) is 29.5 Å². The van der Waals surface area contributed by atoms with Crippen molar-refractivity contribution in [2.75, 3.05) is 28.6 Å². The minimum atomic E-state index is -0.130. The van der Waals surface area contributed by atoms with Crippen molar-refractivity contribution in [2.24, 2.45) is 0 Å². The zero-order chi connectivity index (χ0) is 24.2. The van der Waals surface area contributed by atoms with Crippen molar-refractivity contribution in [3.05, 3.63) is 65.8 Å². The van der Waals surface area contributed by atoms with Gasteiger partial charge in [0.15, 0.2) is 0 Å². The second kappa shape index (κ2) is 10.1. The van der Waals surface area contributed by atoms with E-state index in [0.717, 1.165) is 37.2 Å². The molecule has 5 rings (SSSR count). The van der Waals surface area contributed by atoms with Gasteiger partial charge >= 0.3 is 0 Å². The van der Waals surface area contributed by atoms with Crippen LogP contribution in [0.3, 0.4) is 0 Å². The SMILES string of the molecule is CC(=O)Nc1cccc(Nc2ncnc(N3CCC(c4nc(-c5ccc(Cl)cc5)no4)CC3)n2)c1. The first kappa shape index (κ1) is 22.7. The number of anilines is 4. The average Bonchev–Trinajstić information content (AvgIpc) is 3.35. The van der Waals surface area contributed by atoms with Crippen LogP contribution in [0.15, 0.2) is 59.4 Å². The number of nitrogens with zero attached hydrogens (tertiary/aromatic N) is 6. The molecule has 35 heavy (non-hydrogen) atoms. The van der Waals surface area contributed by atoms with E-state index in [1.54, 1.807) is 0 Å². The van der Waals surface area contributed by atoms with Gasteiger partial charge < -0.3 is 20.1 Å². The molecule has 0 saturated carbocycles. The number of nitrogens with one attached hydrogen (secondary N) is 2. The van der Waals surface area contributed by atoms with E-state index >= 15 is 0 Å². The summed E-state index contributed by atoms with van der Waals surface area (Å²) in [5, 5.41) is 10.7. The summed E-state index contributed by atoms with van der Waals surface area (Å²) in [5.41, 5.74) is 2.33. The number of amides is 1. The highest BCUT2D eigenvalue weighted by molar-refractivity contribution is 6.30. The van der Waals surface area contributed by atoms with E-state index in [4.69, 9.17) is 16.1 Å². The van der Waals surface area contributed by atoms with Crippen molar-refractivity contribution in [1.29, 1.82) is 0 Å². The first-order valence-corrected chi connectivity index (χ1v) is 11.6. The monoisotopic (exact) mass is 490 g/mol. The Hall–Kier alpha value is -4.05. The van der Waals surface area contributed by atoms with E-state index in [1.165, 1.54) is 13.3 Å². The average molecular weight is 491 g/mol. The molecule has 0 radical (unpaired) electrons. The molecule has 4 aromatic rings. The molecule has 0 aliphatic carbocycles. The summed E-state index contributed by atoms with van der Waals surface area (Å²) in [5.74, 6) is 2.29. The fraction of sp³-hybridized carbons (Fsp3) is 0.250. The van der Waals surface area contributed by atoms with Gasteiger partial charge in [-0.25, -0.2) is 9.97 Å². The van der Waals surface area contributed by atoms with Crippen molar-refractivity contribution in [3.63, 3.8) is 0 Å². The molecular formula is C24H23ClN8O2. The van der Waals surface area contributed by atoms with Gasteiger partial charge in [0.25, 0.3) is 0 Å². The molecule has 1 aliphatic heterocycles. The third kappa shape index (κ3) is 5.55. The molecule has 1 fully saturated rings. The van der Waals surface area contributed by atoms with Crippen molar-refractivity contribution < 1.29 is 9.32 Å². The molecule has 0 atom stereocenters. The molecule has 1 saturated heterocycles. The lowest BCUT2D eigenvalue weighted by atomic mass is 9.97. The number of hydrogen-bond acceptors (Lipinski definition) is 9. The summed E-state index contributed by atoms with van der Waals surface area (Å²) in [6, 6.07) is 14.7. The van der Waals surface area contributed by atoms with Crippen molar-refractivity contribution >= 4 is 40.8 Å². The second-order valence-electron chi connectivity index (χ2n) is 8.22. The largest absolute Gasteiger partial charge is 0.341 e. The standard InChI is InChI=1S/C24H23ClN8O2/c1-15(34)28-19-3-2-4-20(13-19)29-23-26-14-27-24(31-23)33-11-9-17(10-12-33)22-30-21(32-35-22)16-5-7-18(25)8-6-16/h2-8,13-14,17H,9-12H2,1H3,(H,28,34)(H,26,27,29,31). The topological polar surface area (TPSA) is 122 Å². The number of halogens is 1. The van der Waals surface area contributed by atoms with E-state index in [0.29, 0.717) is 34.3 Å². The Bertz CT molecular complexity index is 1320. The van der Waals surface area contributed by atoms with Crippen molar-refractivity contribution in [3.8, 4) is 11.4 Å². The van der Waals surface area contributed by atoms with Gasteiger partial charge in [0.05, 0.1) is 0 Å². The van der Waals surface area contributed by atoms with Crippen molar-refractivity contribution in [1.82, 2.24) is 25.1 Å². The van der Waals surface area contributed by atoms with Crippen molar-refractivity contribution in [2.45, 2.75) is 25.7 Å². The Morgan fingerprint density at radius 1 is 1.06 bits per heavy atom. The molecular weight excluding hydrogens is 468 g/mol. The molecule has 178 valence electrons. The molecule has 3 heterocycles. The summed E-state index contributed by atoms with van der Waals surface area (Å²) < 4.78 is 5.56. The van der Waals surface area contributed by atoms with Gasteiger partial charge in [-0.1, -0.05) is 22.8 Å². The molecule has 11 heteroatoms. The Morgan fingerprint density at radius 2 is 1.83 bits per heavy atom. The second-order valence-corrected chi connectivity index (χ2v) is 8.66. The lowest BCUT2D eigenvalue weighted by Crippen LogP contribution is -2.34. The van der Waals surface area contributed by atoms with Crippen LogP contribution in [0.5, 0.6) is 0 Å². The number of benzene rings is 2. The molecule has 10 nitrogen and oxygen atoms in total. The zero-order valence-electron chi connectivity index (χ0n) is 19.0. The molecule has 2 aromatic carbocycles. The molecule has 1 amide bonds. The van der Waals surface area contributed by atoms with Crippen LogP contribution in [0.2, 0.25) is 5.02 Å². The van der Waals surface area contributed by atoms with Crippen LogP contribution in [0.1, 0.15) is 31.6 Å². The minimum absolute atomic E-state index is 0.130. The molecule has 0 unspecified atom stereocenters. The molecule has 0 bridgehead atoms. The number of carbonyl (C=O) groups excluding carboxylic acids is 1. The lowest BCUT2D eigenvalue weighted by Gasteiger charge is -2.30. The Kier molecular flexibility index (Phi) is 6.53. The maximum atomic E-state index is 11.3. The summed E-state index contributed by atoms with van der Waals surface area (Å²) in [4.78, 5) is 31.2. The van der Waals surface area contributed by atoms with Crippen LogP contribution in [0.25, 0.3) is 11.4 Å². The van der Waals surface area contributed by atoms with Gasteiger partial charge in [0.1, 0.15) is 6.33 Å². The fourth-order valence-corrected chi connectivity index (χ4v) is 4.08.